The molecule has 0 saturated heterocycles. The highest BCUT2D eigenvalue weighted by atomic mass is 19.3. The maximum atomic E-state index is 12.9. The number of rotatable bonds is 5. The first-order valence-corrected chi connectivity index (χ1v) is 6.22. The summed E-state index contributed by atoms with van der Waals surface area (Å²) in [6.07, 6.45) is 3.27. The van der Waals surface area contributed by atoms with Crippen LogP contribution < -0.4 is 5.32 Å². The van der Waals surface area contributed by atoms with Gasteiger partial charge in [-0.15, -0.1) is 0 Å². The van der Waals surface area contributed by atoms with E-state index in [9.17, 15) is 8.78 Å². The lowest BCUT2D eigenvalue weighted by atomic mass is 9.74. The average molecular weight is 219 g/mol. The molecule has 3 atom stereocenters. The third kappa shape index (κ3) is 3.40. The van der Waals surface area contributed by atoms with Crippen LogP contribution >= 0.6 is 0 Å². The van der Waals surface area contributed by atoms with Crippen molar-refractivity contribution in [3.8, 4) is 0 Å². The molecule has 1 saturated carbocycles. The first kappa shape index (κ1) is 12.9. The first-order valence-electron chi connectivity index (χ1n) is 6.22. The highest BCUT2D eigenvalue weighted by Gasteiger charge is 2.35. The predicted octanol–water partition coefficient (Wildman–Crippen LogP) is 3.45. The summed E-state index contributed by atoms with van der Waals surface area (Å²) in [6.45, 7) is 4.67. The molecule has 3 unspecified atom stereocenters. The third-order valence-corrected chi connectivity index (χ3v) is 3.66. The van der Waals surface area contributed by atoms with Gasteiger partial charge < -0.3 is 5.32 Å². The molecule has 0 heterocycles. The van der Waals surface area contributed by atoms with Crippen LogP contribution in [0.2, 0.25) is 0 Å². The Labute approximate surface area is 91.6 Å². The van der Waals surface area contributed by atoms with E-state index in [0.717, 1.165) is 25.7 Å². The molecule has 3 heteroatoms. The van der Waals surface area contributed by atoms with Crippen LogP contribution in [0.5, 0.6) is 0 Å². The summed E-state index contributed by atoms with van der Waals surface area (Å²) in [7, 11) is 0. The van der Waals surface area contributed by atoms with Gasteiger partial charge in [-0.3, -0.25) is 0 Å². The van der Waals surface area contributed by atoms with Gasteiger partial charge in [-0.25, -0.2) is 8.78 Å². The molecule has 0 aromatic heterocycles. The zero-order chi connectivity index (χ0) is 11.3. The monoisotopic (exact) mass is 219 g/mol. The summed E-state index contributed by atoms with van der Waals surface area (Å²) in [4.78, 5) is 0. The second kappa shape index (κ2) is 6.41. The van der Waals surface area contributed by atoms with Gasteiger partial charge in [0.2, 0.25) is 0 Å². The van der Waals surface area contributed by atoms with Gasteiger partial charge in [-0.2, -0.15) is 0 Å². The van der Waals surface area contributed by atoms with Gasteiger partial charge in [0, 0.05) is 0 Å². The van der Waals surface area contributed by atoms with Crippen LogP contribution in [0.15, 0.2) is 0 Å². The van der Waals surface area contributed by atoms with E-state index in [1.807, 2.05) is 6.92 Å². The predicted molar refractivity (Wildman–Crippen MR) is 59.2 cm³/mol. The summed E-state index contributed by atoms with van der Waals surface area (Å²) in [5.74, 6) is 0.681. The van der Waals surface area contributed by atoms with Crippen molar-refractivity contribution in [2.75, 3.05) is 6.54 Å². The molecule has 1 fully saturated rings. The smallest absolute Gasteiger partial charge is 0.253 e. The molecule has 0 spiro atoms. The van der Waals surface area contributed by atoms with Gasteiger partial charge in [0.15, 0.2) is 0 Å². The molecule has 15 heavy (non-hydrogen) atoms. The highest BCUT2D eigenvalue weighted by Crippen LogP contribution is 2.36. The zero-order valence-electron chi connectivity index (χ0n) is 9.81. The van der Waals surface area contributed by atoms with Crippen LogP contribution in [-0.4, -0.2) is 19.0 Å². The van der Waals surface area contributed by atoms with Gasteiger partial charge in [-0.1, -0.05) is 39.5 Å². The van der Waals surface area contributed by atoms with Crippen molar-refractivity contribution >= 4 is 0 Å². The molecule has 0 radical (unpaired) electrons. The summed E-state index contributed by atoms with van der Waals surface area (Å²) in [6, 6.07) is -0.583. The van der Waals surface area contributed by atoms with E-state index in [1.54, 1.807) is 0 Å². The highest BCUT2D eigenvalue weighted by molar-refractivity contribution is 4.85. The normalized spacial score (nSPS) is 29.4. The Morgan fingerprint density at radius 3 is 2.40 bits per heavy atom. The molecule has 90 valence electrons. The Morgan fingerprint density at radius 2 is 1.87 bits per heavy atom. The Morgan fingerprint density at radius 1 is 1.20 bits per heavy atom. The molecule has 0 amide bonds. The minimum absolute atomic E-state index is 0.184. The lowest BCUT2D eigenvalue weighted by Crippen LogP contribution is -2.45. The molecule has 1 aliphatic carbocycles. The maximum absolute atomic E-state index is 12.9. The fourth-order valence-corrected chi connectivity index (χ4v) is 2.88. The number of hydrogen-bond donors (Lipinski definition) is 1. The molecule has 1 N–H and O–H groups in total. The zero-order valence-corrected chi connectivity index (χ0v) is 9.81. The molecule has 0 aliphatic heterocycles. The number of alkyl halides is 2. The quantitative estimate of drug-likeness (QED) is 0.746. The summed E-state index contributed by atoms with van der Waals surface area (Å²) < 4.78 is 25.8. The second-order valence-corrected chi connectivity index (χ2v) is 4.53. The second-order valence-electron chi connectivity index (χ2n) is 4.53. The van der Waals surface area contributed by atoms with Gasteiger partial charge >= 0.3 is 0 Å². The Hall–Kier alpha value is -0.180. The lowest BCUT2D eigenvalue weighted by Gasteiger charge is -2.36. The van der Waals surface area contributed by atoms with Crippen molar-refractivity contribution in [3.63, 3.8) is 0 Å². The van der Waals surface area contributed by atoms with Crippen LogP contribution in [0.3, 0.4) is 0 Å². The molecule has 1 nitrogen and oxygen atoms in total. The summed E-state index contributed by atoms with van der Waals surface area (Å²) >= 11 is 0. The lowest BCUT2D eigenvalue weighted by molar-refractivity contribution is 0.0364. The van der Waals surface area contributed by atoms with Crippen LogP contribution in [-0.2, 0) is 0 Å². The van der Waals surface area contributed by atoms with Crippen molar-refractivity contribution in [2.24, 2.45) is 11.8 Å². The van der Waals surface area contributed by atoms with Crippen LogP contribution in [0.25, 0.3) is 0 Å². The molecule has 0 aromatic carbocycles. The molecule has 1 rings (SSSR count). The standard InChI is InChI=1S/C12H23F2N/c1-3-9-7-5-6-8-10(9)11(12(13)14)15-4-2/h9-12,15H,3-8H2,1-2H3. The van der Waals surface area contributed by atoms with Gasteiger partial charge in [0.25, 0.3) is 6.43 Å². The number of nitrogens with one attached hydrogen (secondary N) is 1. The molecular weight excluding hydrogens is 196 g/mol. The van der Waals surface area contributed by atoms with Crippen LogP contribution in [0.4, 0.5) is 8.78 Å². The Balaban J connectivity index is 2.61. The van der Waals surface area contributed by atoms with E-state index in [4.69, 9.17) is 0 Å². The van der Waals surface area contributed by atoms with E-state index in [0.29, 0.717) is 12.5 Å². The van der Waals surface area contributed by atoms with E-state index in [-0.39, 0.29) is 5.92 Å². The largest absolute Gasteiger partial charge is 0.309 e. The number of halogens is 2. The molecule has 0 bridgehead atoms. The molecule has 1 aliphatic rings. The minimum Gasteiger partial charge on any atom is -0.309 e. The summed E-state index contributed by atoms with van der Waals surface area (Å²) in [5.41, 5.74) is 0. The van der Waals surface area contributed by atoms with Gasteiger partial charge in [-0.05, 0) is 24.8 Å². The van der Waals surface area contributed by atoms with Crippen molar-refractivity contribution in [2.45, 2.75) is 58.4 Å². The van der Waals surface area contributed by atoms with Gasteiger partial charge in [0.1, 0.15) is 0 Å². The third-order valence-electron chi connectivity index (χ3n) is 3.66. The van der Waals surface area contributed by atoms with E-state index < -0.39 is 12.5 Å². The van der Waals surface area contributed by atoms with Crippen molar-refractivity contribution in [1.82, 2.24) is 5.32 Å². The topological polar surface area (TPSA) is 12.0 Å². The van der Waals surface area contributed by atoms with Crippen LogP contribution in [0.1, 0.15) is 46.0 Å². The Bertz CT molecular complexity index is 173. The van der Waals surface area contributed by atoms with E-state index >= 15 is 0 Å². The summed E-state index contributed by atoms with van der Waals surface area (Å²) in [5, 5.41) is 2.97. The van der Waals surface area contributed by atoms with E-state index in [1.165, 1.54) is 6.42 Å². The fraction of sp³-hybridized carbons (Fsp3) is 1.00. The van der Waals surface area contributed by atoms with Crippen molar-refractivity contribution < 1.29 is 8.78 Å². The van der Waals surface area contributed by atoms with Crippen LogP contribution in [0, 0.1) is 11.8 Å². The van der Waals surface area contributed by atoms with Crippen molar-refractivity contribution in [3.05, 3.63) is 0 Å². The van der Waals surface area contributed by atoms with Crippen molar-refractivity contribution in [1.29, 1.82) is 0 Å². The fourth-order valence-electron chi connectivity index (χ4n) is 2.88. The maximum Gasteiger partial charge on any atom is 0.253 e. The number of hydrogen-bond acceptors (Lipinski definition) is 1. The molecule has 0 aromatic rings. The average Bonchev–Trinajstić information content (AvgIpc) is 2.25. The van der Waals surface area contributed by atoms with E-state index in [2.05, 4.69) is 12.2 Å². The SMILES string of the molecule is CCNC(C(F)F)C1CCCCC1CC. The first-order chi connectivity index (χ1) is 7.20. The Kier molecular flexibility index (Phi) is 5.51. The molecular formula is C12H23F2N. The van der Waals surface area contributed by atoms with Gasteiger partial charge in [0.05, 0.1) is 6.04 Å². The minimum atomic E-state index is -2.22.